The molecule has 5 N–H and O–H groups in total. The third-order valence-corrected chi connectivity index (χ3v) is 23.7. The van der Waals surface area contributed by atoms with Crippen molar-refractivity contribution in [2.24, 2.45) is 93.7 Å². The van der Waals surface area contributed by atoms with Gasteiger partial charge in [0.15, 0.2) is 0 Å². The van der Waals surface area contributed by atoms with Crippen LogP contribution in [0.1, 0.15) is 189 Å². The monoisotopic (exact) mass is 1380 g/mol. The molecule has 0 unspecified atom stereocenters. The highest BCUT2D eigenvalue weighted by atomic mass is 32.2. The summed E-state index contributed by atoms with van der Waals surface area (Å²) in [6, 6.07) is 0. The van der Waals surface area contributed by atoms with E-state index >= 15 is 0 Å². The van der Waals surface area contributed by atoms with Gasteiger partial charge in [-0.25, -0.2) is 0 Å². The molecule has 0 spiro atoms. The number of rotatable bonds is 21. The second-order valence-electron chi connectivity index (χ2n) is 28.4. The Morgan fingerprint density at radius 2 is 0.689 bits per heavy atom. The molecule has 0 aliphatic heterocycles. The lowest BCUT2D eigenvalue weighted by molar-refractivity contribution is -0.171. The summed E-state index contributed by atoms with van der Waals surface area (Å²) in [4.78, 5) is 59.2. The molecule has 0 aromatic heterocycles. The minimum Gasteiger partial charge on any atom is -0.464 e. The molecule has 522 valence electrons. The first-order valence-electron chi connectivity index (χ1n) is 32.3. The van der Waals surface area contributed by atoms with Crippen LogP contribution in [0.5, 0.6) is 0 Å². The molecule has 0 radical (unpaired) electrons. The van der Waals surface area contributed by atoms with Gasteiger partial charge in [-0.1, -0.05) is 41.0 Å². The first kappa shape index (κ1) is 77.6. The molecule has 0 aromatic rings. The van der Waals surface area contributed by atoms with Crippen molar-refractivity contribution in [3.05, 3.63) is 0 Å². The van der Waals surface area contributed by atoms with Crippen LogP contribution in [-0.4, -0.2) is 156 Å². The molecule has 11 aliphatic carbocycles. The Morgan fingerprint density at radius 1 is 0.400 bits per heavy atom. The first-order valence-corrected chi connectivity index (χ1v) is 40.3. The number of esters is 5. The van der Waals surface area contributed by atoms with Crippen molar-refractivity contribution < 1.29 is 113 Å². The van der Waals surface area contributed by atoms with E-state index in [1.807, 2.05) is 0 Å². The standard InChI is InChI=1S/2C13H20O5S.C13H24O5S.C11H20O5S.C10H18O5S/c14-12(18-1-2-19(15,16)17)13-6-9-3-10(7-13)5-11(4-9)8-13;14-13(18-1-2-19(15,16)17)12-10-4-8-3-9(6-10)7-11(12)5-8;1-13(2,3)11-6-4-10(5-7-11)12(14)18-8-9-19(15,16)17;1-2-9-3-5-10(6-4-9)11(12)16-7-8-17(13,14)15;1-8-2-4-9(5-3-8)10(11)15-6-7-16(12,13)14/h9-11H,1-8H2,(H,15,16,17);8-12H,1-7H2,(H,15,16,17);10-11H,4-9H2,1-3H3,(H,15,16,17);9-10H,2-8H2,1H3,(H,13,14,15);8-9H,2-7H2,1H3,(H,12,13,14). The minimum atomic E-state index is -4.06. The van der Waals surface area contributed by atoms with Crippen LogP contribution in [0.3, 0.4) is 0 Å². The van der Waals surface area contributed by atoms with E-state index in [1.165, 1.54) is 25.7 Å². The Balaban J connectivity index is 0.000000205. The van der Waals surface area contributed by atoms with Crippen molar-refractivity contribution in [2.45, 2.75) is 189 Å². The molecule has 0 amide bonds. The maximum Gasteiger partial charge on any atom is 0.312 e. The van der Waals surface area contributed by atoms with Gasteiger partial charge in [-0.3, -0.25) is 46.7 Å². The van der Waals surface area contributed by atoms with Gasteiger partial charge in [0.1, 0.15) is 61.8 Å². The lowest BCUT2D eigenvalue weighted by Crippen LogP contribution is -2.50. The van der Waals surface area contributed by atoms with Crippen LogP contribution in [0.2, 0.25) is 0 Å². The summed E-state index contributed by atoms with van der Waals surface area (Å²) in [7, 11) is -20.2. The van der Waals surface area contributed by atoms with Crippen LogP contribution in [0.4, 0.5) is 0 Å². The smallest absolute Gasteiger partial charge is 0.312 e. The molecule has 8 bridgehead atoms. The van der Waals surface area contributed by atoms with Crippen LogP contribution in [0.15, 0.2) is 0 Å². The van der Waals surface area contributed by atoms with E-state index in [9.17, 15) is 66.1 Å². The molecular weight excluding hydrogens is 1280 g/mol. The van der Waals surface area contributed by atoms with Crippen molar-refractivity contribution >= 4 is 80.4 Å². The van der Waals surface area contributed by atoms with Crippen molar-refractivity contribution in [1.82, 2.24) is 0 Å². The van der Waals surface area contributed by atoms with E-state index < -0.39 is 79.4 Å². The topological polar surface area (TPSA) is 403 Å². The summed E-state index contributed by atoms with van der Waals surface area (Å²) in [5.74, 6) is 1.96. The molecule has 0 saturated heterocycles. The first-order chi connectivity index (χ1) is 41.7. The normalized spacial score (nSPS) is 31.8. The van der Waals surface area contributed by atoms with Gasteiger partial charge in [0.05, 0.1) is 29.1 Å². The number of carbonyl (C=O) groups is 5. The van der Waals surface area contributed by atoms with Gasteiger partial charge in [-0.05, 0) is 212 Å². The average molecular weight is 1380 g/mol. The van der Waals surface area contributed by atoms with Gasteiger partial charge < -0.3 is 23.7 Å². The highest BCUT2D eigenvalue weighted by Crippen LogP contribution is 2.61. The molecule has 11 aliphatic rings. The Kier molecular flexibility index (Phi) is 29.3. The number of carbonyl (C=O) groups excluding carboxylic acids is 5. The number of ether oxygens (including phenoxy) is 5. The zero-order valence-electron chi connectivity index (χ0n) is 53.1. The maximum atomic E-state index is 12.3. The highest BCUT2D eigenvalue weighted by molar-refractivity contribution is 7.86. The predicted octanol–water partition coefficient (Wildman–Crippen LogP) is 8.27. The zero-order valence-corrected chi connectivity index (χ0v) is 57.1. The largest absolute Gasteiger partial charge is 0.464 e. The summed E-state index contributed by atoms with van der Waals surface area (Å²) in [6.45, 7) is 9.68. The Hall–Kier alpha value is -3.10. The fourth-order valence-electron chi connectivity index (χ4n) is 16.0. The average Bonchev–Trinajstić information content (AvgIpc) is 0.763. The molecule has 11 rings (SSSR count). The molecule has 90 heavy (non-hydrogen) atoms. The summed E-state index contributed by atoms with van der Waals surface area (Å²) in [5, 5.41) is 0. The van der Waals surface area contributed by atoms with Gasteiger partial charge in [0.2, 0.25) is 0 Å². The van der Waals surface area contributed by atoms with Crippen LogP contribution in [0, 0.1) is 93.7 Å². The van der Waals surface area contributed by atoms with Crippen LogP contribution in [-0.2, 0) is 98.2 Å². The summed E-state index contributed by atoms with van der Waals surface area (Å²) in [5.41, 5.74) is -0.0895. The van der Waals surface area contributed by atoms with E-state index in [1.54, 1.807) is 0 Å². The molecule has 30 heteroatoms. The van der Waals surface area contributed by atoms with Crippen LogP contribution in [0.25, 0.3) is 0 Å². The van der Waals surface area contributed by atoms with E-state index in [-0.39, 0.29) is 97.4 Å². The zero-order chi connectivity index (χ0) is 67.0. The van der Waals surface area contributed by atoms with E-state index in [2.05, 4.69) is 34.6 Å². The van der Waals surface area contributed by atoms with Crippen molar-refractivity contribution in [1.29, 1.82) is 0 Å². The molecule has 0 heterocycles. The third-order valence-electron chi connectivity index (χ3n) is 20.3. The van der Waals surface area contributed by atoms with Gasteiger partial charge in [0, 0.05) is 0 Å². The van der Waals surface area contributed by atoms with Gasteiger partial charge in [-0.15, -0.1) is 0 Å². The van der Waals surface area contributed by atoms with E-state index in [4.69, 9.17) is 46.4 Å². The van der Waals surface area contributed by atoms with Gasteiger partial charge >= 0.3 is 29.8 Å². The summed E-state index contributed by atoms with van der Waals surface area (Å²) >= 11 is 0. The Bertz CT molecular complexity index is 2870. The second kappa shape index (κ2) is 34.0. The van der Waals surface area contributed by atoms with Crippen molar-refractivity contribution in [2.75, 3.05) is 61.8 Å². The third kappa shape index (κ3) is 27.7. The number of hydrogen-bond donors (Lipinski definition) is 5. The molecule has 11 fully saturated rings. The lowest BCUT2D eigenvalue weighted by atomic mass is 9.49. The summed E-state index contributed by atoms with van der Waals surface area (Å²) < 4.78 is 173. The maximum absolute atomic E-state index is 12.3. The lowest BCUT2D eigenvalue weighted by Gasteiger charge is -2.55. The van der Waals surface area contributed by atoms with E-state index in [0.717, 1.165) is 140 Å². The minimum absolute atomic E-state index is 0.0332. The Morgan fingerprint density at radius 3 is 1.00 bits per heavy atom. The highest BCUT2D eigenvalue weighted by Gasteiger charge is 2.56. The Labute approximate surface area is 534 Å². The van der Waals surface area contributed by atoms with Crippen LogP contribution >= 0.6 is 0 Å². The van der Waals surface area contributed by atoms with Crippen LogP contribution < -0.4 is 0 Å². The van der Waals surface area contributed by atoms with E-state index in [0.29, 0.717) is 47.3 Å². The fourth-order valence-corrected chi connectivity index (χ4v) is 17.5. The fraction of sp³-hybridized carbons (Fsp3) is 0.917. The molecule has 0 atom stereocenters. The van der Waals surface area contributed by atoms with Crippen molar-refractivity contribution in [3.8, 4) is 0 Å². The van der Waals surface area contributed by atoms with Crippen molar-refractivity contribution in [3.63, 3.8) is 0 Å². The number of hydrogen-bond acceptors (Lipinski definition) is 20. The second-order valence-corrected chi connectivity index (χ2v) is 36.2. The predicted molar refractivity (Wildman–Crippen MR) is 330 cm³/mol. The molecular formula is C60H102O25S5. The molecule has 11 saturated carbocycles. The quantitative estimate of drug-likeness (QED) is 0.0410. The SMILES string of the molecule is CC(C)(C)C1CCC(C(=O)OCCS(=O)(=O)O)CC1.CC1CCC(C(=O)OCCS(=O)(=O)O)CC1.CCC1CCC(C(=O)OCCS(=O)(=O)O)CC1.O=C(OCCS(=O)(=O)O)C12CC3CC(CC(C3)C1)C2.O=C(OCCS(=O)(=O)O)C1C2CC3CC(C2)CC1C3. The van der Waals surface area contributed by atoms with Gasteiger partial charge in [-0.2, -0.15) is 42.1 Å². The molecule has 25 nitrogen and oxygen atoms in total. The van der Waals surface area contributed by atoms with Gasteiger partial charge in [0.25, 0.3) is 50.6 Å². The molecule has 0 aromatic carbocycles. The summed E-state index contributed by atoms with van der Waals surface area (Å²) in [6.07, 6.45) is 24.4.